The Morgan fingerprint density at radius 3 is 2.89 bits per heavy atom. The highest BCUT2D eigenvalue weighted by molar-refractivity contribution is 5.29. The summed E-state index contributed by atoms with van der Waals surface area (Å²) < 4.78 is 5.81. The average molecular weight is 256 g/mol. The van der Waals surface area contributed by atoms with Gasteiger partial charge in [-0.25, -0.2) is 9.97 Å². The van der Waals surface area contributed by atoms with Crippen molar-refractivity contribution in [3.05, 3.63) is 48.5 Å². The summed E-state index contributed by atoms with van der Waals surface area (Å²) in [5.41, 5.74) is 1.20. The third-order valence-corrected chi connectivity index (χ3v) is 3.16. The molecule has 1 saturated heterocycles. The van der Waals surface area contributed by atoms with Crippen molar-refractivity contribution in [2.45, 2.75) is 12.5 Å². The monoisotopic (exact) mass is 256 g/mol. The molecular formula is C14H16N4O. The highest BCUT2D eigenvalue weighted by Crippen LogP contribution is 2.14. The van der Waals surface area contributed by atoms with Gasteiger partial charge >= 0.3 is 0 Å². The van der Waals surface area contributed by atoms with E-state index in [1.807, 2.05) is 18.3 Å². The summed E-state index contributed by atoms with van der Waals surface area (Å²) in [6.45, 7) is 2.37. The van der Waals surface area contributed by atoms with Crippen LogP contribution in [0.25, 0.3) is 0 Å². The molecule has 2 aromatic heterocycles. The summed E-state index contributed by atoms with van der Waals surface area (Å²) in [4.78, 5) is 14.9. The molecule has 3 rings (SSSR count). The van der Waals surface area contributed by atoms with E-state index in [-0.39, 0.29) is 6.10 Å². The molecule has 1 unspecified atom stereocenters. The summed E-state index contributed by atoms with van der Waals surface area (Å²) in [5.74, 6) is 0.780. The summed E-state index contributed by atoms with van der Waals surface area (Å²) >= 11 is 0. The fourth-order valence-electron chi connectivity index (χ4n) is 2.26. The number of ether oxygens (including phenoxy) is 1. The van der Waals surface area contributed by atoms with Gasteiger partial charge in [0.15, 0.2) is 0 Å². The molecule has 5 nitrogen and oxygen atoms in total. The normalized spacial score (nSPS) is 19.4. The van der Waals surface area contributed by atoms with Crippen LogP contribution in [0, 0.1) is 0 Å². The Bertz CT molecular complexity index is 505. The molecule has 98 valence electrons. The number of morpholine rings is 1. The first-order valence-electron chi connectivity index (χ1n) is 6.44. The van der Waals surface area contributed by atoms with Crippen LogP contribution in [0.2, 0.25) is 0 Å². The Morgan fingerprint density at radius 2 is 2.11 bits per heavy atom. The number of nitrogens with zero attached hydrogens (tertiary/aromatic N) is 4. The second kappa shape index (κ2) is 5.75. The summed E-state index contributed by atoms with van der Waals surface area (Å²) in [6.07, 6.45) is 8.26. The molecule has 1 fully saturated rings. The number of hydrogen-bond acceptors (Lipinski definition) is 5. The minimum Gasteiger partial charge on any atom is -0.374 e. The summed E-state index contributed by atoms with van der Waals surface area (Å²) in [6, 6.07) is 5.86. The van der Waals surface area contributed by atoms with Crippen LogP contribution in [0.3, 0.4) is 0 Å². The first-order chi connectivity index (χ1) is 9.42. The van der Waals surface area contributed by atoms with E-state index in [0.29, 0.717) is 6.61 Å². The van der Waals surface area contributed by atoms with Crippen LogP contribution in [0.15, 0.2) is 43.0 Å². The van der Waals surface area contributed by atoms with E-state index < -0.39 is 0 Å². The third-order valence-electron chi connectivity index (χ3n) is 3.16. The molecule has 0 spiro atoms. The first kappa shape index (κ1) is 12.0. The predicted octanol–water partition coefficient (Wildman–Crippen LogP) is 1.32. The molecule has 5 heteroatoms. The zero-order valence-corrected chi connectivity index (χ0v) is 10.6. The minimum absolute atomic E-state index is 0.168. The molecule has 0 bridgehead atoms. The summed E-state index contributed by atoms with van der Waals surface area (Å²) in [5, 5.41) is 0. The second-order valence-electron chi connectivity index (χ2n) is 4.55. The van der Waals surface area contributed by atoms with Crippen molar-refractivity contribution in [2.75, 3.05) is 24.6 Å². The van der Waals surface area contributed by atoms with Crippen LogP contribution in [-0.4, -0.2) is 40.8 Å². The molecule has 19 heavy (non-hydrogen) atoms. The van der Waals surface area contributed by atoms with Crippen molar-refractivity contribution < 1.29 is 4.74 Å². The van der Waals surface area contributed by atoms with Crippen LogP contribution in [0.1, 0.15) is 5.56 Å². The average Bonchev–Trinajstić information content (AvgIpc) is 2.49. The standard InChI is InChI=1S/C14H16N4O/c1-3-12(10-15-4-1)9-13-11-18(7-8-19-13)14-16-5-2-6-17-14/h1-6,10,13H,7-9,11H2. The fourth-order valence-corrected chi connectivity index (χ4v) is 2.26. The van der Waals surface area contributed by atoms with Crippen molar-refractivity contribution in [3.63, 3.8) is 0 Å². The van der Waals surface area contributed by atoms with E-state index in [0.717, 1.165) is 25.5 Å². The third kappa shape index (κ3) is 3.06. The van der Waals surface area contributed by atoms with Crippen LogP contribution in [0.4, 0.5) is 5.95 Å². The number of aromatic nitrogens is 3. The number of hydrogen-bond donors (Lipinski definition) is 0. The smallest absolute Gasteiger partial charge is 0.225 e. The Kier molecular flexibility index (Phi) is 3.65. The van der Waals surface area contributed by atoms with E-state index >= 15 is 0 Å². The lowest BCUT2D eigenvalue weighted by Gasteiger charge is -2.32. The molecule has 2 aromatic rings. The molecular weight excluding hydrogens is 240 g/mol. The van der Waals surface area contributed by atoms with Crippen LogP contribution in [-0.2, 0) is 11.2 Å². The van der Waals surface area contributed by atoms with E-state index in [1.54, 1.807) is 18.6 Å². The zero-order valence-electron chi connectivity index (χ0n) is 10.6. The SMILES string of the molecule is c1cnc(N2CCOC(Cc3cccnc3)C2)nc1. The topological polar surface area (TPSA) is 51.1 Å². The lowest BCUT2D eigenvalue weighted by Crippen LogP contribution is -2.44. The van der Waals surface area contributed by atoms with E-state index in [9.17, 15) is 0 Å². The van der Waals surface area contributed by atoms with E-state index in [2.05, 4.69) is 25.9 Å². The molecule has 3 heterocycles. The molecule has 0 N–H and O–H groups in total. The van der Waals surface area contributed by atoms with Crippen LogP contribution < -0.4 is 4.90 Å². The number of rotatable bonds is 3. The van der Waals surface area contributed by atoms with Gasteiger partial charge in [-0.3, -0.25) is 4.98 Å². The van der Waals surface area contributed by atoms with E-state index in [4.69, 9.17) is 4.74 Å². The quantitative estimate of drug-likeness (QED) is 0.829. The molecule has 0 radical (unpaired) electrons. The lowest BCUT2D eigenvalue weighted by molar-refractivity contribution is 0.0405. The van der Waals surface area contributed by atoms with Crippen molar-refractivity contribution >= 4 is 5.95 Å². The maximum absolute atomic E-state index is 5.81. The van der Waals surface area contributed by atoms with Gasteiger partial charge in [0.1, 0.15) is 0 Å². The number of pyridine rings is 1. The lowest BCUT2D eigenvalue weighted by atomic mass is 10.1. The molecule has 0 saturated carbocycles. The molecule has 0 aliphatic carbocycles. The molecule has 1 atom stereocenters. The number of anilines is 1. The second-order valence-corrected chi connectivity index (χ2v) is 4.55. The van der Waals surface area contributed by atoms with Crippen LogP contribution in [0.5, 0.6) is 0 Å². The van der Waals surface area contributed by atoms with Gasteiger partial charge in [0.25, 0.3) is 0 Å². The van der Waals surface area contributed by atoms with Crippen molar-refractivity contribution in [1.82, 2.24) is 15.0 Å². The molecule has 1 aliphatic heterocycles. The largest absolute Gasteiger partial charge is 0.374 e. The highest BCUT2D eigenvalue weighted by atomic mass is 16.5. The Balaban J connectivity index is 1.65. The van der Waals surface area contributed by atoms with Gasteiger partial charge < -0.3 is 9.64 Å². The molecule has 0 aromatic carbocycles. The fraction of sp³-hybridized carbons (Fsp3) is 0.357. The molecule has 1 aliphatic rings. The van der Waals surface area contributed by atoms with E-state index in [1.165, 1.54) is 5.56 Å². The van der Waals surface area contributed by atoms with Crippen molar-refractivity contribution in [3.8, 4) is 0 Å². The summed E-state index contributed by atoms with van der Waals surface area (Å²) in [7, 11) is 0. The predicted molar refractivity (Wildman–Crippen MR) is 71.9 cm³/mol. The van der Waals surface area contributed by atoms with Crippen molar-refractivity contribution in [1.29, 1.82) is 0 Å². The molecule has 0 amide bonds. The Labute approximate surface area is 112 Å². The van der Waals surface area contributed by atoms with Gasteiger partial charge in [0, 0.05) is 44.3 Å². The first-order valence-corrected chi connectivity index (χ1v) is 6.44. The van der Waals surface area contributed by atoms with Gasteiger partial charge in [-0.1, -0.05) is 6.07 Å². The minimum atomic E-state index is 0.168. The Morgan fingerprint density at radius 1 is 1.21 bits per heavy atom. The van der Waals surface area contributed by atoms with Gasteiger partial charge in [0.2, 0.25) is 5.95 Å². The maximum Gasteiger partial charge on any atom is 0.225 e. The van der Waals surface area contributed by atoms with Crippen molar-refractivity contribution in [2.24, 2.45) is 0 Å². The van der Waals surface area contributed by atoms with Gasteiger partial charge in [-0.05, 0) is 17.7 Å². The Hall–Kier alpha value is -2.01. The zero-order chi connectivity index (χ0) is 12.9. The van der Waals surface area contributed by atoms with Gasteiger partial charge in [-0.15, -0.1) is 0 Å². The maximum atomic E-state index is 5.81. The van der Waals surface area contributed by atoms with Gasteiger partial charge in [-0.2, -0.15) is 0 Å². The van der Waals surface area contributed by atoms with Gasteiger partial charge in [0.05, 0.1) is 12.7 Å². The van der Waals surface area contributed by atoms with Crippen LogP contribution >= 0.6 is 0 Å². The highest BCUT2D eigenvalue weighted by Gasteiger charge is 2.22.